The van der Waals surface area contributed by atoms with Gasteiger partial charge in [-0.2, -0.15) is 0 Å². The molecule has 0 saturated carbocycles. The number of pyridine rings is 1. The molecule has 1 heterocycles. The molecule has 0 saturated heterocycles. The highest BCUT2D eigenvalue weighted by Crippen LogP contribution is 2.18. The van der Waals surface area contributed by atoms with Crippen molar-refractivity contribution in [1.29, 1.82) is 0 Å². The number of ketones is 1. The number of carbonyl (C=O) groups excluding carboxylic acids is 1. The Bertz CT molecular complexity index is 505. The molecule has 0 N–H and O–H groups in total. The van der Waals surface area contributed by atoms with Gasteiger partial charge >= 0.3 is 0 Å². The van der Waals surface area contributed by atoms with Gasteiger partial charge in [0.1, 0.15) is 5.78 Å². The summed E-state index contributed by atoms with van der Waals surface area (Å²) in [5.41, 5.74) is 1.80. The Kier molecular flexibility index (Phi) is 2.50. The fourth-order valence-corrected chi connectivity index (χ4v) is 1.53. The predicted molar refractivity (Wildman–Crippen MR) is 60.8 cm³/mol. The number of hydrogen-bond acceptors (Lipinski definition) is 2. The molecule has 0 aliphatic heterocycles. The van der Waals surface area contributed by atoms with Crippen LogP contribution in [-0.4, -0.2) is 10.8 Å². The summed E-state index contributed by atoms with van der Waals surface area (Å²) in [6.07, 6.45) is 0. The molecule has 2 rings (SSSR count). The predicted octanol–water partition coefficient (Wildman–Crippen LogP) is 2.93. The highest BCUT2D eigenvalue weighted by atomic mass is 16.1. The minimum absolute atomic E-state index is 0.116. The van der Waals surface area contributed by atoms with Crippen molar-refractivity contribution in [3.8, 4) is 0 Å². The molecular weight excluding hydrogens is 186 g/mol. The topological polar surface area (TPSA) is 30.0 Å². The maximum Gasteiger partial charge on any atom is 0.138 e. The highest BCUT2D eigenvalue weighted by molar-refractivity contribution is 5.84. The van der Waals surface area contributed by atoms with Gasteiger partial charge in [-0.3, -0.25) is 9.78 Å². The number of hydrogen-bond donors (Lipinski definition) is 0. The van der Waals surface area contributed by atoms with Crippen LogP contribution in [0.25, 0.3) is 10.9 Å². The van der Waals surface area contributed by atoms with Crippen molar-refractivity contribution in [2.75, 3.05) is 0 Å². The van der Waals surface area contributed by atoms with Crippen molar-refractivity contribution in [3.05, 3.63) is 42.1 Å². The molecule has 2 nitrogen and oxygen atoms in total. The fourth-order valence-electron chi connectivity index (χ4n) is 1.53. The highest BCUT2D eigenvalue weighted by Gasteiger charge is 2.11. The van der Waals surface area contributed by atoms with Gasteiger partial charge in [-0.1, -0.05) is 24.3 Å². The van der Waals surface area contributed by atoms with Crippen molar-refractivity contribution < 1.29 is 4.79 Å². The molecule has 1 aromatic heterocycles. The summed E-state index contributed by atoms with van der Waals surface area (Å²) in [7, 11) is 0. The second-order valence-corrected chi connectivity index (χ2v) is 3.76. The van der Waals surface area contributed by atoms with E-state index in [1.807, 2.05) is 43.3 Å². The van der Waals surface area contributed by atoms with Crippen LogP contribution >= 0.6 is 0 Å². The smallest absolute Gasteiger partial charge is 0.138 e. The number of aromatic nitrogens is 1. The standard InChI is InChI=1S/C13H13NO/c1-9(10(2)15)12-8-7-11-5-3-4-6-13(11)14-12/h3-9H,1-2H3. The largest absolute Gasteiger partial charge is 0.299 e. The second kappa shape index (κ2) is 3.81. The number of benzene rings is 1. The van der Waals surface area contributed by atoms with E-state index in [1.54, 1.807) is 6.92 Å². The first-order chi connectivity index (χ1) is 7.18. The van der Waals surface area contributed by atoms with Crippen molar-refractivity contribution in [3.63, 3.8) is 0 Å². The number of para-hydroxylation sites is 1. The summed E-state index contributed by atoms with van der Waals surface area (Å²) < 4.78 is 0. The second-order valence-electron chi connectivity index (χ2n) is 3.76. The average molecular weight is 199 g/mol. The lowest BCUT2D eigenvalue weighted by atomic mass is 10.0. The SMILES string of the molecule is CC(=O)C(C)c1ccc2ccccc2n1. The van der Waals surface area contributed by atoms with E-state index in [2.05, 4.69) is 4.98 Å². The number of carbonyl (C=O) groups is 1. The molecule has 76 valence electrons. The van der Waals surface area contributed by atoms with Crippen LogP contribution in [-0.2, 0) is 4.79 Å². The molecule has 0 aliphatic rings. The molecule has 1 unspecified atom stereocenters. The van der Waals surface area contributed by atoms with Crippen LogP contribution in [0.2, 0.25) is 0 Å². The van der Waals surface area contributed by atoms with Crippen LogP contribution in [0.15, 0.2) is 36.4 Å². The third-order valence-electron chi connectivity index (χ3n) is 2.67. The molecular formula is C13H13NO. The maximum absolute atomic E-state index is 11.2. The van der Waals surface area contributed by atoms with Crippen LogP contribution in [0, 0.1) is 0 Å². The molecule has 1 atom stereocenters. The van der Waals surface area contributed by atoms with E-state index in [-0.39, 0.29) is 11.7 Å². The lowest BCUT2D eigenvalue weighted by Crippen LogP contribution is -2.06. The van der Waals surface area contributed by atoms with Crippen molar-refractivity contribution in [2.45, 2.75) is 19.8 Å². The normalized spacial score (nSPS) is 12.7. The Morgan fingerprint density at radius 3 is 2.67 bits per heavy atom. The van der Waals surface area contributed by atoms with Gasteiger partial charge in [-0.25, -0.2) is 0 Å². The Labute approximate surface area is 89.0 Å². The zero-order valence-electron chi connectivity index (χ0n) is 8.90. The number of Topliss-reactive ketones (excluding diaryl/α,β-unsaturated/α-hetero) is 1. The Balaban J connectivity index is 2.51. The fraction of sp³-hybridized carbons (Fsp3) is 0.231. The molecule has 0 aliphatic carbocycles. The van der Waals surface area contributed by atoms with E-state index in [0.717, 1.165) is 16.6 Å². The lowest BCUT2D eigenvalue weighted by Gasteiger charge is -2.07. The summed E-state index contributed by atoms with van der Waals surface area (Å²) in [4.78, 5) is 15.7. The Morgan fingerprint density at radius 1 is 1.20 bits per heavy atom. The third-order valence-corrected chi connectivity index (χ3v) is 2.67. The number of rotatable bonds is 2. The Morgan fingerprint density at radius 2 is 1.93 bits per heavy atom. The summed E-state index contributed by atoms with van der Waals surface area (Å²) >= 11 is 0. The number of nitrogens with zero attached hydrogens (tertiary/aromatic N) is 1. The first kappa shape index (κ1) is 9.84. The maximum atomic E-state index is 11.2. The van der Waals surface area contributed by atoms with Gasteiger partial charge in [-0.15, -0.1) is 0 Å². The van der Waals surface area contributed by atoms with Gasteiger partial charge in [0.25, 0.3) is 0 Å². The summed E-state index contributed by atoms with van der Waals surface area (Å²) in [6, 6.07) is 11.9. The van der Waals surface area contributed by atoms with E-state index < -0.39 is 0 Å². The van der Waals surface area contributed by atoms with E-state index in [9.17, 15) is 4.79 Å². The van der Waals surface area contributed by atoms with Gasteiger partial charge < -0.3 is 0 Å². The van der Waals surface area contributed by atoms with Crippen LogP contribution in [0.4, 0.5) is 0 Å². The quantitative estimate of drug-likeness (QED) is 0.744. The average Bonchev–Trinajstić information content (AvgIpc) is 2.27. The van der Waals surface area contributed by atoms with Crippen molar-refractivity contribution in [2.24, 2.45) is 0 Å². The van der Waals surface area contributed by atoms with Crippen LogP contribution in [0.3, 0.4) is 0 Å². The van der Waals surface area contributed by atoms with Crippen LogP contribution in [0.1, 0.15) is 25.5 Å². The molecule has 0 fully saturated rings. The van der Waals surface area contributed by atoms with Gasteiger partial charge in [-0.05, 0) is 26.0 Å². The zero-order chi connectivity index (χ0) is 10.8. The monoisotopic (exact) mass is 199 g/mol. The first-order valence-corrected chi connectivity index (χ1v) is 5.04. The summed E-state index contributed by atoms with van der Waals surface area (Å²) in [5, 5.41) is 1.11. The van der Waals surface area contributed by atoms with E-state index in [4.69, 9.17) is 0 Å². The minimum atomic E-state index is -0.116. The molecule has 0 bridgehead atoms. The van der Waals surface area contributed by atoms with E-state index >= 15 is 0 Å². The molecule has 2 aromatic rings. The minimum Gasteiger partial charge on any atom is -0.299 e. The molecule has 2 heteroatoms. The molecule has 0 radical (unpaired) electrons. The molecule has 1 aromatic carbocycles. The van der Waals surface area contributed by atoms with E-state index in [0.29, 0.717) is 0 Å². The van der Waals surface area contributed by atoms with Crippen LogP contribution in [0.5, 0.6) is 0 Å². The molecule has 15 heavy (non-hydrogen) atoms. The van der Waals surface area contributed by atoms with Gasteiger partial charge in [0.15, 0.2) is 0 Å². The molecule has 0 spiro atoms. The van der Waals surface area contributed by atoms with Gasteiger partial charge in [0.05, 0.1) is 17.1 Å². The van der Waals surface area contributed by atoms with Gasteiger partial charge in [0, 0.05) is 5.39 Å². The van der Waals surface area contributed by atoms with Crippen molar-refractivity contribution in [1.82, 2.24) is 4.98 Å². The zero-order valence-corrected chi connectivity index (χ0v) is 8.90. The van der Waals surface area contributed by atoms with E-state index in [1.165, 1.54) is 0 Å². The Hall–Kier alpha value is -1.70. The third kappa shape index (κ3) is 1.89. The molecule has 0 amide bonds. The first-order valence-electron chi connectivity index (χ1n) is 5.04. The van der Waals surface area contributed by atoms with Crippen molar-refractivity contribution >= 4 is 16.7 Å². The lowest BCUT2D eigenvalue weighted by molar-refractivity contribution is -0.118. The van der Waals surface area contributed by atoms with Gasteiger partial charge in [0.2, 0.25) is 0 Å². The number of fused-ring (bicyclic) bond motifs is 1. The summed E-state index contributed by atoms with van der Waals surface area (Å²) in [6.45, 7) is 3.49. The van der Waals surface area contributed by atoms with Crippen LogP contribution < -0.4 is 0 Å². The summed E-state index contributed by atoms with van der Waals surface area (Å²) in [5.74, 6) is 0.0346.